The van der Waals surface area contributed by atoms with E-state index in [1.54, 1.807) is 17.0 Å². The van der Waals surface area contributed by atoms with E-state index in [2.05, 4.69) is 14.6 Å². The molecule has 1 amide bonds. The van der Waals surface area contributed by atoms with Crippen molar-refractivity contribution in [1.29, 1.82) is 5.26 Å². The highest BCUT2D eigenvalue weighted by Crippen LogP contribution is 2.25. The standard InChI is InChI=1S/C29H30N6O4S/c30-12-11-22-19-32-28-10-7-25(17-27(22)28)39-20-29(36)35-15-13-34(14-16-35)24-5-3-23(4-6-24)33-40(37,38)26-8-1-21(18-31)2-9-26/h1-10,17,19,32-33H,11-16,20,30H2. The molecule has 0 unspecified atom stereocenters. The van der Waals surface area contributed by atoms with Crippen molar-refractivity contribution in [3.63, 3.8) is 0 Å². The molecular weight excluding hydrogens is 528 g/mol. The first-order chi connectivity index (χ1) is 19.4. The lowest BCUT2D eigenvalue weighted by molar-refractivity contribution is -0.133. The minimum absolute atomic E-state index is 0.0315. The Kier molecular flexibility index (Phi) is 7.91. The summed E-state index contributed by atoms with van der Waals surface area (Å²) in [5, 5.41) is 9.96. The van der Waals surface area contributed by atoms with Crippen molar-refractivity contribution in [1.82, 2.24) is 9.88 Å². The fourth-order valence-electron chi connectivity index (χ4n) is 4.72. The topological polar surface area (TPSA) is 145 Å². The van der Waals surface area contributed by atoms with Gasteiger partial charge in [-0.3, -0.25) is 9.52 Å². The number of nitrogens with two attached hydrogens (primary N) is 1. The van der Waals surface area contributed by atoms with E-state index < -0.39 is 10.0 Å². The van der Waals surface area contributed by atoms with Crippen LogP contribution in [0.1, 0.15) is 11.1 Å². The monoisotopic (exact) mass is 558 g/mol. The highest BCUT2D eigenvalue weighted by Gasteiger charge is 2.22. The molecule has 1 aliphatic heterocycles. The van der Waals surface area contributed by atoms with Gasteiger partial charge in [0.1, 0.15) is 5.75 Å². The molecule has 0 bridgehead atoms. The van der Waals surface area contributed by atoms with Gasteiger partial charge in [-0.25, -0.2) is 8.42 Å². The van der Waals surface area contributed by atoms with Crippen LogP contribution in [0.3, 0.4) is 0 Å². The van der Waals surface area contributed by atoms with Crippen LogP contribution in [-0.4, -0.2) is 63.5 Å². The number of carbonyl (C=O) groups excluding carboxylic acids is 1. The van der Waals surface area contributed by atoms with Crippen molar-refractivity contribution in [2.45, 2.75) is 11.3 Å². The predicted octanol–water partition coefficient (Wildman–Crippen LogP) is 3.07. The average Bonchev–Trinajstić information content (AvgIpc) is 3.38. The maximum absolute atomic E-state index is 12.8. The second kappa shape index (κ2) is 11.7. The summed E-state index contributed by atoms with van der Waals surface area (Å²) in [4.78, 5) is 20.1. The zero-order chi connectivity index (χ0) is 28.1. The smallest absolute Gasteiger partial charge is 0.261 e. The summed E-state index contributed by atoms with van der Waals surface area (Å²) >= 11 is 0. The Hall–Kier alpha value is -4.53. The van der Waals surface area contributed by atoms with Gasteiger partial charge in [0.2, 0.25) is 0 Å². The fourth-order valence-corrected chi connectivity index (χ4v) is 5.78. The molecule has 0 spiro atoms. The van der Waals surface area contributed by atoms with Gasteiger partial charge in [0.25, 0.3) is 15.9 Å². The number of nitrogens with one attached hydrogen (secondary N) is 2. The number of sulfonamides is 1. The molecule has 5 rings (SSSR count). The van der Waals surface area contributed by atoms with Gasteiger partial charge in [-0.05, 0) is 85.3 Å². The molecule has 4 N–H and O–H groups in total. The van der Waals surface area contributed by atoms with Crippen molar-refractivity contribution >= 4 is 38.2 Å². The van der Waals surface area contributed by atoms with Gasteiger partial charge in [-0.2, -0.15) is 5.26 Å². The number of hydrogen-bond acceptors (Lipinski definition) is 7. The number of aromatic nitrogens is 1. The summed E-state index contributed by atoms with van der Waals surface area (Å²) in [7, 11) is -3.77. The highest BCUT2D eigenvalue weighted by atomic mass is 32.2. The molecule has 206 valence electrons. The molecule has 2 heterocycles. The molecule has 0 atom stereocenters. The van der Waals surface area contributed by atoms with E-state index in [1.807, 2.05) is 42.6 Å². The molecule has 11 heteroatoms. The number of benzene rings is 3. The van der Waals surface area contributed by atoms with E-state index in [0.29, 0.717) is 49.7 Å². The molecular formula is C29H30N6O4S. The summed E-state index contributed by atoms with van der Waals surface area (Å²) in [5.74, 6) is 0.579. The van der Waals surface area contributed by atoms with Crippen LogP contribution in [0.2, 0.25) is 0 Å². The van der Waals surface area contributed by atoms with E-state index in [4.69, 9.17) is 15.7 Å². The number of nitriles is 1. The molecule has 4 aromatic rings. The van der Waals surface area contributed by atoms with Crippen LogP contribution in [0.15, 0.2) is 77.8 Å². The Bertz CT molecular complexity index is 1630. The second-order valence-corrected chi connectivity index (χ2v) is 11.2. The molecule has 10 nitrogen and oxygen atoms in total. The zero-order valence-electron chi connectivity index (χ0n) is 21.8. The molecule has 1 fully saturated rings. The largest absolute Gasteiger partial charge is 0.484 e. The van der Waals surface area contributed by atoms with Crippen LogP contribution >= 0.6 is 0 Å². The van der Waals surface area contributed by atoms with Gasteiger partial charge in [0.05, 0.1) is 16.5 Å². The maximum atomic E-state index is 12.8. The lowest BCUT2D eigenvalue weighted by atomic mass is 10.1. The Morgan fingerprint density at radius 1 is 1.02 bits per heavy atom. The number of amides is 1. The summed E-state index contributed by atoms with van der Waals surface area (Å²) in [6.07, 6.45) is 2.72. The molecule has 1 aliphatic rings. The van der Waals surface area contributed by atoms with Gasteiger partial charge < -0.3 is 25.3 Å². The third kappa shape index (κ3) is 6.03. The van der Waals surface area contributed by atoms with E-state index in [0.717, 1.165) is 28.6 Å². The predicted molar refractivity (Wildman–Crippen MR) is 154 cm³/mol. The average molecular weight is 559 g/mol. The normalized spacial score (nSPS) is 13.7. The summed E-state index contributed by atoms with van der Waals surface area (Å²) in [6, 6.07) is 20.6. The quantitative estimate of drug-likeness (QED) is 0.286. The van der Waals surface area contributed by atoms with Gasteiger partial charge in [0, 0.05) is 54.7 Å². The van der Waals surface area contributed by atoms with Gasteiger partial charge in [0.15, 0.2) is 6.61 Å². The minimum Gasteiger partial charge on any atom is -0.484 e. The van der Waals surface area contributed by atoms with Crippen molar-refractivity contribution in [3.05, 3.63) is 84.1 Å². The third-order valence-electron chi connectivity index (χ3n) is 6.93. The number of H-pyrrole nitrogens is 1. The van der Waals surface area contributed by atoms with Crippen LogP contribution in [0.4, 0.5) is 11.4 Å². The van der Waals surface area contributed by atoms with E-state index in [1.165, 1.54) is 24.3 Å². The Balaban J connectivity index is 1.12. The first kappa shape index (κ1) is 27.1. The number of fused-ring (bicyclic) bond motifs is 1. The third-order valence-corrected chi connectivity index (χ3v) is 8.32. The number of rotatable bonds is 9. The first-order valence-electron chi connectivity index (χ1n) is 12.9. The van der Waals surface area contributed by atoms with Crippen LogP contribution < -0.4 is 20.1 Å². The zero-order valence-corrected chi connectivity index (χ0v) is 22.7. The molecule has 0 aliphatic carbocycles. The lowest BCUT2D eigenvalue weighted by Crippen LogP contribution is -2.50. The molecule has 1 saturated heterocycles. The van der Waals surface area contributed by atoms with Crippen molar-refractivity contribution in [2.24, 2.45) is 5.73 Å². The second-order valence-electron chi connectivity index (χ2n) is 9.51. The highest BCUT2D eigenvalue weighted by molar-refractivity contribution is 7.92. The summed E-state index contributed by atoms with van der Waals surface area (Å²) in [5.41, 5.74) is 9.61. The van der Waals surface area contributed by atoms with Crippen LogP contribution in [-0.2, 0) is 21.2 Å². The van der Waals surface area contributed by atoms with Crippen molar-refractivity contribution < 1.29 is 17.9 Å². The van der Waals surface area contributed by atoms with Crippen molar-refractivity contribution in [3.8, 4) is 11.8 Å². The number of hydrogen-bond donors (Lipinski definition) is 3. The number of piperazine rings is 1. The van der Waals surface area contributed by atoms with E-state index in [9.17, 15) is 13.2 Å². The summed E-state index contributed by atoms with van der Waals surface area (Å²) < 4.78 is 33.7. The Labute approximate surface area is 233 Å². The van der Waals surface area contributed by atoms with Crippen LogP contribution in [0.25, 0.3) is 10.9 Å². The lowest BCUT2D eigenvalue weighted by Gasteiger charge is -2.36. The fraction of sp³-hybridized carbons (Fsp3) is 0.241. The molecule has 3 aromatic carbocycles. The first-order valence-corrected chi connectivity index (χ1v) is 14.4. The van der Waals surface area contributed by atoms with Gasteiger partial charge in [-0.1, -0.05) is 0 Å². The van der Waals surface area contributed by atoms with Crippen molar-refractivity contribution in [2.75, 3.05) is 49.0 Å². The van der Waals surface area contributed by atoms with E-state index in [-0.39, 0.29) is 17.4 Å². The Morgan fingerprint density at radius 3 is 2.42 bits per heavy atom. The summed E-state index contributed by atoms with van der Waals surface area (Å²) in [6.45, 7) is 2.96. The van der Waals surface area contributed by atoms with Crippen LogP contribution in [0, 0.1) is 11.3 Å². The number of nitrogens with zero attached hydrogens (tertiary/aromatic N) is 3. The number of ether oxygens (including phenoxy) is 1. The number of carbonyl (C=O) groups is 1. The Morgan fingerprint density at radius 2 is 1.75 bits per heavy atom. The molecule has 0 radical (unpaired) electrons. The molecule has 0 saturated carbocycles. The maximum Gasteiger partial charge on any atom is 0.261 e. The van der Waals surface area contributed by atoms with Crippen LogP contribution in [0.5, 0.6) is 5.75 Å². The SMILES string of the molecule is N#Cc1ccc(S(=O)(=O)Nc2ccc(N3CCN(C(=O)COc4ccc5[nH]cc(CCN)c5c4)CC3)cc2)cc1. The number of anilines is 2. The van der Waals surface area contributed by atoms with E-state index >= 15 is 0 Å². The minimum atomic E-state index is -3.77. The molecule has 1 aromatic heterocycles. The molecule has 40 heavy (non-hydrogen) atoms. The van der Waals surface area contributed by atoms with Gasteiger partial charge >= 0.3 is 0 Å². The number of aromatic amines is 1. The van der Waals surface area contributed by atoms with Gasteiger partial charge in [-0.15, -0.1) is 0 Å².